The van der Waals surface area contributed by atoms with Crippen molar-refractivity contribution in [2.75, 3.05) is 13.6 Å². The fraction of sp³-hybridized carbons (Fsp3) is 0.280. The Morgan fingerprint density at radius 3 is 2.83 bits per heavy atom. The monoisotopic (exact) mass is 386 g/mol. The van der Waals surface area contributed by atoms with E-state index < -0.39 is 5.97 Å². The summed E-state index contributed by atoms with van der Waals surface area (Å²) in [5.41, 5.74) is 7.76. The van der Waals surface area contributed by atoms with Crippen LogP contribution in [0.4, 0.5) is 0 Å². The van der Waals surface area contributed by atoms with Crippen LogP contribution in [0.5, 0.6) is 0 Å². The van der Waals surface area contributed by atoms with E-state index in [-0.39, 0.29) is 6.04 Å². The Balaban J connectivity index is 1.61. The summed E-state index contributed by atoms with van der Waals surface area (Å²) in [6.07, 6.45) is 5.84. The molecule has 0 amide bonds. The van der Waals surface area contributed by atoms with E-state index in [0.717, 1.165) is 24.9 Å². The van der Waals surface area contributed by atoms with Crippen LogP contribution in [0.1, 0.15) is 45.1 Å². The van der Waals surface area contributed by atoms with Crippen molar-refractivity contribution >= 4 is 5.97 Å². The Labute approximate surface area is 171 Å². The van der Waals surface area contributed by atoms with E-state index >= 15 is 0 Å². The van der Waals surface area contributed by atoms with Crippen molar-refractivity contribution in [1.82, 2.24) is 9.88 Å². The topological polar surface area (TPSA) is 53.4 Å². The molecule has 1 N–H and O–H groups in total. The number of nitrogens with zero attached hydrogens (tertiary/aromatic N) is 2. The molecule has 2 aromatic carbocycles. The van der Waals surface area contributed by atoms with Crippen molar-refractivity contribution in [3.63, 3.8) is 0 Å². The lowest BCUT2D eigenvalue weighted by atomic mass is 9.86. The fourth-order valence-electron chi connectivity index (χ4n) is 4.40. The summed E-state index contributed by atoms with van der Waals surface area (Å²) in [4.78, 5) is 18.0. The third-order valence-corrected chi connectivity index (χ3v) is 6.05. The van der Waals surface area contributed by atoms with E-state index in [2.05, 4.69) is 66.3 Å². The SMILES string of the molecule is Cc1ccccc1-c1ccc2c(c1)CCN(C)[C@@H]2CCc1cnccc1C(=O)O. The first-order valence-electron chi connectivity index (χ1n) is 10.1. The molecule has 4 nitrogen and oxygen atoms in total. The van der Waals surface area contributed by atoms with Crippen LogP contribution >= 0.6 is 0 Å². The van der Waals surface area contributed by atoms with E-state index in [1.165, 1.54) is 27.8 Å². The van der Waals surface area contributed by atoms with Gasteiger partial charge in [-0.3, -0.25) is 9.88 Å². The number of aromatic carboxylic acids is 1. The van der Waals surface area contributed by atoms with E-state index in [4.69, 9.17) is 0 Å². The molecule has 1 atom stereocenters. The summed E-state index contributed by atoms with van der Waals surface area (Å²) < 4.78 is 0. The third-order valence-electron chi connectivity index (χ3n) is 6.05. The summed E-state index contributed by atoms with van der Waals surface area (Å²) in [6, 6.07) is 17.2. The summed E-state index contributed by atoms with van der Waals surface area (Å²) >= 11 is 0. The number of carboxylic acids is 1. The first kappa shape index (κ1) is 19.3. The second-order valence-electron chi connectivity index (χ2n) is 7.85. The highest BCUT2D eigenvalue weighted by Crippen LogP contribution is 2.35. The molecule has 0 spiro atoms. The van der Waals surface area contributed by atoms with Crippen molar-refractivity contribution in [2.45, 2.75) is 32.2 Å². The number of hydrogen-bond acceptors (Lipinski definition) is 3. The second kappa shape index (κ2) is 8.18. The summed E-state index contributed by atoms with van der Waals surface area (Å²) in [5, 5.41) is 9.44. The molecule has 1 aliphatic rings. The molecule has 4 rings (SSSR count). The molecule has 29 heavy (non-hydrogen) atoms. The average Bonchev–Trinajstić information content (AvgIpc) is 2.73. The molecule has 0 bridgehead atoms. The van der Waals surface area contributed by atoms with E-state index in [9.17, 15) is 9.90 Å². The second-order valence-corrected chi connectivity index (χ2v) is 7.85. The highest BCUT2D eigenvalue weighted by atomic mass is 16.4. The maximum absolute atomic E-state index is 11.5. The number of pyridine rings is 1. The summed E-state index contributed by atoms with van der Waals surface area (Å²) in [7, 11) is 2.16. The lowest BCUT2D eigenvalue weighted by Crippen LogP contribution is -2.32. The minimum atomic E-state index is -0.886. The van der Waals surface area contributed by atoms with Crippen molar-refractivity contribution in [1.29, 1.82) is 0 Å². The minimum absolute atomic E-state index is 0.284. The summed E-state index contributed by atoms with van der Waals surface area (Å²) in [6.45, 7) is 3.16. The molecular weight excluding hydrogens is 360 g/mol. The Hall–Kier alpha value is -2.98. The van der Waals surface area contributed by atoms with E-state index in [1.54, 1.807) is 18.5 Å². The van der Waals surface area contributed by atoms with Crippen molar-refractivity contribution < 1.29 is 9.90 Å². The molecule has 0 unspecified atom stereocenters. The zero-order valence-electron chi connectivity index (χ0n) is 16.9. The standard InChI is InChI=1S/C25H26N2O2/c1-17-5-3-4-6-21(17)18-7-9-22-19(15-18)12-14-27(2)24(22)10-8-20-16-26-13-11-23(20)25(28)29/h3-7,9,11,13,15-16,24H,8,10,12,14H2,1-2H3,(H,28,29)/t24-/m1/s1. The minimum Gasteiger partial charge on any atom is -0.478 e. The van der Waals surface area contributed by atoms with Gasteiger partial charge in [-0.25, -0.2) is 4.79 Å². The molecule has 0 fully saturated rings. The van der Waals surface area contributed by atoms with Gasteiger partial charge in [0, 0.05) is 25.0 Å². The van der Waals surface area contributed by atoms with Crippen LogP contribution < -0.4 is 0 Å². The molecule has 0 saturated heterocycles. The third kappa shape index (κ3) is 3.94. The van der Waals surface area contributed by atoms with E-state index in [1.807, 2.05) is 0 Å². The molecule has 148 valence electrons. The van der Waals surface area contributed by atoms with Crippen LogP contribution in [0.15, 0.2) is 60.9 Å². The number of hydrogen-bond donors (Lipinski definition) is 1. The normalized spacial score (nSPS) is 16.4. The van der Waals surface area contributed by atoms with E-state index in [0.29, 0.717) is 12.0 Å². The quantitative estimate of drug-likeness (QED) is 0.676. The molecule has 0 aliphatic carbocycles. The molecule has 4 heteroatoms. The number of carboxylic acid groups (broad SMARTS) is 1. The first-order chi connectivity index (χ1) is 14.0. The van der Waals surface area contributed by atoms with Crippen LogP contribution in [0.2, 0.25) is 0 Å². The number of rotatable bonds is 5. The number of carbonyl (C=O) groups is 1. The van der Waals surface area contributed by atoms with Gasteiger partial charge in [-0.15, -0.1) is 0 Å². The molecule has 0 saturated carbocycles. The van der Waals surface area contributed by atoms with Gasteiger partial charge in [0.2, 0.25) is 0 Å². The van der Waals surface area contributed by atoms with Crippen molar-refractivity contribution in [3.05, 3.63) is 88.7 Å². The summed E-state index contributed by atoms with van der Waals surface area (Å²) in [5.74, 6) is -0.886. The van der Waals surface area contributed by atoms with Crippen LogP contribution in [0.25, 0.3) is 11.1 Å². The Kier molecular flexibility index (Phi) is 5.45. The molecule has 1 aliphatic heterocycles. The number of benzene rings is 2. The van der Waals surface area contributed by atoms with Crippen molar-refractivity contribution in [2.24, 2.45) is 0 Å². The highest BCUT2D eigenvalue weighted by Gasteiger charge is 2.25. The molecule has 2 heterocycles. The maximum atomic E-state index is 11.5. The molecule has 0 radical (unpaired) electrons. The van der Waals surface area contributed by atoms with Gasteiger partial charge in [-0.05, 0) is 72.7 Å². The van der Waals surface area contributed by atoms with Gasteiger partial charge in [-0.1, -0.05) is 42.5 Å². The predicted molar refractivity (Wildman–Crippen MR) is 115 cm³/mol. The van der Waals surface area contributed by atoms with Gasteiger partial charge in [0.1, 0.15) is 0 Å². The fourth-order valence-corrected chi connectivity index (χ4v) is 4.40. The van der Waals surface area contributed by atoms with Gasteiger partial charge in [-0.2, -0.15) is 0 Å². The van der Waals surface area contributed by atoms with Crippen LogP contribution in [-0.2, 0) is 12.8 Å². The number of aryl methyl sites for hydroxylation is 2. The largest absolute Gasteiger partial charge is 0.478 e. The number of likely N-dealkylation sites (N-methyl/N-ethyl adjacent to an activating group) is 1. The Morgan fingerprint density at radius 2 is 2.03 bits per heavy atom. The lowest BCUT2D eigenvalue weighted by molar-refractivity contribution is 0.0695. The number of fused-ring (bicyclic) bond motifs is 1. The maximum Gasteiger partial charge on any atom is 0.336 e. The molecular formula is C25H26N2O2. The van der Waals surface area contributed by atoms with Gasteiger partial charge >= 0.3 is 5.97 Å². The first-order valence-corrected chi connectivity index (χ1v) is 10.1. The zero-order valence-corrected chi connectivity index (χ0v) is 16.9. The molecule has 3 aromatic rings. The van der Waals surface area contributed by atoms with Crippen molar-refractivity contribution in [3.8, 4) is 11.1 Å². The van der Waals surface area contributed by atoms with Gasteiger partial charge in [0.05, 0.1) is 5.56 Å². The Morgan fingerprint density at radius 1 is 1.21 bits per heavy atom. The molecule has 1 aromatic heterocycles. The van der Waals surface area contributed by atoms with Crippen LogP contribution in [0.3, 0.4) is 0 Å². The average molecular weight is 386 g/mol. The van der Waals surface area contributed by atoms with Gasteiger partial charge in [0.25, 0.3) is 0 Å². The van der Waals surface area contributed by atoms with Gasteiger partial charge in [0.15, 0.2) is 0 Å². The van der Waals surface area contributed by atoms with Gasteiger partial charge < -0.3 is 5.11 Å². The highest BCUT2D eigenvalue weighted by molar-refractivity contribution is 5.89. The van der Waals surface area contributed by atoms with Crippen LogP contribution in [-0.4, -0.2) is 34.6 Å². The number of aromatic nitrogens is 1. The zero-order chi connectivity index (χ0) is 20.4. The predicted octanol–water partition coefficient (Wildman–Crippen LogP) is 4.92. The Bertz CT molecular complexity index is 1040. The lowest BCUT2D eigenvalue weighted by Gasteiger charge is -2.35. The smallest absolute Gasteiger partial charge is 0.336 e. The van der Waals surface area contributed by atoms with Crippen LogP contribution in [0, 0.1) is 6.92 Å².